The Morgan fingerprint density at radius 3 is 2.76 bits per heavy atom. The molecular weight excluding hydrogens is 479 g/mol. The molecule has 0 aliphatic heterocycles. The lowest BCUT2D eigenvalue weighted by Crippen LogP contribution is -2.38. The largest absolute Gasteiger partial charge is 0.444 e. The molecule has 2 aromatic rings. The van der Waals surface area contributed by atoms with E-state index in [-0.39, 0.29) is 24.0 Å². The number of ether oxygens (including phenoxy) is 1. The number of aryl methyl sites for hydroxylation is 1. The molecule has 0 amide bonds. The van der Waals surface area contributed by atoms with Crippen molar-refractivity contribution >= 4 is 29.9 Å². The number of oxazole rings is 1. The van der Waals surface area contributed by atoms with Crippen LogP contribution in [-0.4, -0.2) is 43.8 Å². The summed E-state index contributed by atoms with van der Waals surface area (Å²) in [7, 11) is 0. The minimum Gasteiger partial charge on any atom is -0.444 e. The quantitative estimate of drug-likeness (QED) is 0.205. The lowest BCUT2D eigenvalue weighted by atomic mass is 10.1. The van der Waals surface area contributed by atoms with Crippen LogP contribution in [0.5, 0.6) is 0 Å². The zero-order valence-corrected chi connectivity index (χ0v) is 19.8. The van der Waals surface area contributed by atoms with Crippen LogP contribution < -0.4 is 10.6 Å². The smallest absolute Gasteiger partial charge is 0.226 e. The molecule has 6 nitrogen and oxygen atoms in total. The Balaban J connectivity index is 0.00000300. The third-order valence-corrected chi connectivity index (χ3v) is 4.64. The molecule has 1 aromatic carbocycles. The molecule has 3 rings (SSSR count). The predicted octanol–water partition coefficient (Wildman–Crippen LogP) is 4.18. The number of nitrogens with one attached hydrogen (secondary N) is 2. The summed E-state index contributed by atoms with van der Waals surface area (Å²) in [5, 5.41) is 6.64. The van der Waals surface area contributed by atoms with E-state index in [9.17, 15) is 0 Å². The molecule has 1 aliphatic rings. The third-order valence-electron chi connectivity index (χ3n) is 4.64. The molecule has 2 N–H and O–H groups in total. The van der Waals surface area contributed by atoms with Crippen LogP contribution in [0.1, 0.15) is 37.4 Å². The van der Waals surface area contributed by atoms with Crippen molar-refractivity contribution in [1.82, 2.24) is 15.6 Å². The molecule has 0 unspecified atom stereocenters. The van der Waals surface area contributed by atoms with E-state index in [2.05, 4.69) is 46.6 Å². The zero-order chi connectivity index (χ0) is 19.6. The van der Waals surface area contributed by atoms with Crippen molar-refractivity contribution in [2.24, 2.45) is 10.9 Å². The average Bonchev–Trinajstić information content (AvgIpc) is 3.41. The molecule has 0 saturated heterocycles. The number of hydrogen-bond donors (Lipinski definition) is 2. The van der Waals surface area contributed by atoms with Crippen molar-refractivity contribution in [3.63, 3.8) is 0 Å². The second kappa shape index (κ2) is 12.8. The van der Waals surface area contributed by atoms with Gasteiger partial charge in [-0.2, -0.15) is 0 Å². The fourth-order valence-corrected chi connectivity index (χ4v) is 2.79. The van der Waals surface area contributed by atoms with Crippen LogP contribution in [0, 0.1) is 12.8 Å². The van der Waals surface area contributed by atoms with Gasteiger partial charge in [0.25, 0.3) is 0 Å². The molecule has 7 heteroatoms. The molecule has 1 aromatic heterocycles. The van der Waals surface area contributed by atoms with Crippen molar-refractivity contribution in [3.8, 4) is 11.5 Å². The Bertz CT molecular complexity index is 742. The van der Waals surface area contributed by atoms with Crippen molar-refractivity contribution in [1.29, 1.82) is 0 Å². The summed E-state index contributed by atoms with van der Waals surface area (Å²) < 4.78 is 11.3. The van der Waals surface area contributed by atoms with E-state index in [1.807, 2.05) is 12.1 Å². The van der Waals surface area contributed by atoms with Crippen molar-refractivity contribution in [3.05, 3.63) is 41.8 Å². The molecule has 0 bridgehead atoms. The normalized spacial score (nSPS) is 13.8. The highest BCUT2D eigenvalue weighted by atomic mass is 127. The van der Waals surface area contributed by atoms with Crippen LogP contribution in [0.2, 0.25) is 0 Å². The van der Waals surface area contributed by atoms with Gasteiger partial charge in [0.2, 0.25) is 5.89 Å². The summed E-state index contributed by atoms with van der Waals surface area (Å²) in [5.74, 6) is 2.33. The van der Waals surface area contributed by atoms with E-state index in [1.165, 1.54) is 18.4 Å². The van der Waals surface area contributed by atoms with Crippen LogP contribution in [0.15, 0.2) is 39.9 Å². The Morgan fingerprint density at radius 2 is 2.03 bits per heavy atom. The molecule has 1 saturated carbocycles. The van der Waals surface area contributed by atoms with Gasteiger partial charge in [0.1, 0.15) is 6.26 Å². The number of aromatic nitrogens is 1. The predicted molar refractivity (Wildman–Crippen MR) is 128 cm³/mol. The topological polar surface area (TPSA) is 71.7 Å². The second-order valence-electron chi connectivity index (χ2n) is 7.32. The van der Waals surface area contributed by atoms with E-state index in [0.29, 0.717) is 5.89 Å². The monoisotopic (exact) mass is 512 g/mol. The minimum absolute atomic E-state index is 0. The summed E-state index contributed by atoms with van der Waals surface area (Å²) in [4.78, 5) is 9.19. The second-order valence-corrected chi connectivity index (χ2v) is 7.32. The van der Waals surface area contributed by atoms with E-state index >= 15 is 0 Å². The third kappa shape index (κ3) is 8.74. The highest BCUT2D eigenvalue weighted by Gasteiger charge is 2.20. The van der Waals surface area contributed by atoms with Gasteiger partial charge in [0.15, 0.2) is 5.96 Å². The summed E-state index contributed by atoms with van der Waals surface area (Å²) in [6.45, 7) is 8.21. The fraction of sp³-hybridized carbons (Fsp3) is 0.545. The SMILES string of the molecule is CCNC(=NCCCOCC1CC1)NCCc1coc(-c2ccc(C)cc2)n1.I. The summed E-state index contributed by atoms with van der Waals surface area (Å²) in [6.07, 6.45) is 6.14. The van der Waals surface area contributed by atoms with Crippen molar-refractivity contribution < 1.29 is 9.15 Å². The first-order valence-corrected chi connectivity index (χ1v) is 10.4. The van der Waals surface area contributed by atoms with E-state index < -0.39 is 0 Å². The molecule has 1 heterocycles. The maximum absolute atomic E-state index is 5.65. The number of rotatable bonds is 11. The van der Waals surface area contributed by atoms with Gasteiger partial charge in [-0.15, -0.1) is 24.0 Å². The van der Waals surface area contributed by atoms with Gasteiger partial charge in [-0.3, -0.25) is 4.99 Å². The molecule has 1 aliphatic carbocycles. The minimum atomic E-state index is 0. The number of aliphatic imine (C=N–C) groups is 1. The number of nitrogens with zero attached hydrogens (tertiary/aromatic N) is 2. The van der Waals surface area contributed by atoms with Crippen molar-refractivity contribution in [2.75, 3.05) is 32.8 Å². The Labute approximate surface area is 190 Å². The Kier molecular flexibility index (Phi) is 10.5. The maximum atomic E-state index is 5.65. The summed E-state index contributed by atoms with van der Waals surface area (Å²) in [5.41, 5.74) is 3.17. The van der Waals surface area contributed by atoms with Crippen LogP contribution in [-0.2, 0) is 11.2 Å². The van der Waals surface area contributed by atoms with E-state index in [1.54, 1.807) is 6.26 Å². The number of halogens is 1. The van der Waals surface area contributed by atoms with Crippen LogP contribution >= 0.6 is 24.0 Å². The molecule has 160 valence electrons. The lowest BCUT2D eigenvalue weighted by Gasteiger charge is -2.10. The lowest BCUT2D eigenvalue weighted by molar-refractivity contribution is 0.123. The fourth-order valence-electron chi connectivity index (χ4n) is 2.79. The van der Waals surface area contributed by atoms with Gasteiger partial charge < -0.3 is 19.8 Å². The van der Waals surface area contributed by atoms with Crippen molar-refractivity contribution in [2.45, 2.75) is 39.5 Å². The summed E-state index contributed by atoms with van der Waals surface area (Å²) >= 11 is 0. The molecule has 0 spiro atoms. The molecular formula is C22H33IN4O2. The van der Waals surface area contributed by atoms with Gasteiger partial charge in [-0.25, -0.2) is 4.98 Å². The first-order chi connectivity index (χ1) is 13.7. The van der Waals surface area contributed by atoms with E-state index in [0.717, 1.165) is 68.8 Å². The molecule has 0 atom stereocenters. The van der Waals surface area contributed by atoms with Crippen LogP contribution in [0.3, 0.4) is 0 Å². The van der Waals surface area contributed by atoms with Gasteiger partial charge in [-0.05, 0) is 51.2 Å². The van der Waals surface area contributed by atoms with Gasteiger partial charge in [-0.1, -0.05) is 17.7 Å². The summed E-state index contributed by atoms with van der Waals surface area (Å²) in [6, 6.07) is 8.20. The number of guanidine groups is 1. The Hall–Kier alpha value is -1.61. The standard InChI is InChI=1S/C22H32N4O2.HI/c1-3-23-22(24-12-4-14-27-15-18-7-8-18)25-13-11-20-16-28-21(26-20)19-9-5-17(2)6-10-19;/h5-6,9-10,16,18H,3-4,7-8,11-15H2,1-2H3,(H2,23,24,25);1H. The number of hydrogen-bond acceptors (Lipinski definition) is 4. The molecule has 29 heavy (non-hydrogen) atoms. The zero-order valence-electron chi connectivity index (χ0n) is 17.4. The first-order valence-electron chi connectivity index (χ1n) is 10.4. The van der Waals surface area contributed by atoms with Gasteiger partial charge >= 0.3 is 0 Å². The van der Waals surface area contributed by atoms with Crippen LogP contribution in [0.25, 0.3) is 11.5 Å². The van der Waals surface area contributed by atoms with Gasteiger partial charge in [0, 0.05) is 44.8 Å². The van der Waals surface area contributed by atoms with E-state index in [4.69, 9.17) is 9.15 Å². The average molecular weight is 512 g/mol. The molecule has 1 fully saturated rings. The number of benzene rings is 1. The highest BCUT2D eigenvalue weighted by molar-refractivity contribution is 14.0. The Morgan fingerprint density at radius 1 is 1.24 bits per heavy atom. The maximum Gasteiger partial charge on any atom is 0.226 e. The molecule has 0 radical (unpaired) electrons. The highest BCUT2D eigenvalue weighted by Crippen LogP contribution is 2.28. The van der Waals surface area contributed by atoms with Gasteiger partial charge in [0.05, 0.1) is 5.69 Å². The first kappa shape index (κ1) is 23.7. The van der Waals surface area contributed by atoms with Crippen LogP contribution in [0.4, 0.5) is 0 Å².